The molecule has 110 valence electrons. The molecule has 3 rings (SSSR count). The summed E-state index contributed by atoms with van der Waals surface area (Å²) in [6.45, 7) is 0. The second kappa shape index (κ2) is 6.50. The van der Waals surface area contributed by atoms with Gasteiger partial charge in [-0.25, -0.2) is 4.98 Å². The molecule has 6 heteroatoms. The van der Waals surface area contributed by atoms with Crippen molar-refractivity contribution in [3.8, 4) is 11.3 Å². The number of hydrogen-bond donors (Lipinski definition) is 1. The molecule has 1 N–H and O–H groups in total. The van der Waals surface area contributed by atoms with Gasteiger partial charge in [-0.2, -0.15) is 0 Å². The molecule has 0 aliphatic heterocycles. The molecular weight excluding hydrogens is 415 g/mol. The first-order valence-electron chi connectivity index (χ1n) is 6.39. The first-order valence-corrected chi connectivity index (χ1v) is 7.84. The van der Waals surface area contributed by atoms with Crippen LogP contribution in [0, 0.1) is 3.57 Å². The zero-order chi connectivity index (χ0) is 15.5. The second-order valence-electron chi connectivity index (χ2n) is 4.53. The molecule has 0 spiro atoms. The Labute approximate surface area is 145 Å². The first-order chi connectivity index (χ1) is 10.6. The zero-order valence-electron chi connectivity index (χ0n) is 11.2. The van der Waals surface area contributed by atoms with Crippen LogP contribution in [-0.4, -0.2) is 10.9 Å². The number of carbonyl (C=O) groups is 1. The van der Waals surface area contributed by atoms with Crippen molar-refractivity contribution in [2.75, 3.05) is 5.32 Å². The third-order valence-corrected chi connectivity index (χ3v) is 4.56. The Bertz CT molecular complexity index is 819. The Morgan fingerprint density at radius 2 is 2.09 bits per heavy atom. The molecule has 2 aromatic carbocycles. The molecule has 0 radical (unpaired) electrons. The van der Waals surface area contributed by atoms with Crippen molar-refractivity contribution >= 4 is 45.8 Å². The molecule has 22 heavy (non-hydrogen) atoms. The van der Waals surface area contributed by atoms with Gasteiger partial charge in [0.1, 0.15) is 0 Å². The van der Waals surface area contributed by atoms with E-state index in [1.165, 1.54) is 6.39 Å². The quantitative estimate of drug-likeness (QED) is 0.612. The minimum absolute atomic E-state index is 0.190. The maximum atomic E-state index is 12.3. The second-order valence-corrected chi connectivity index (χ2v) is 6.10. The summed E-state index contributed by atoms with van der Waals surface area (Å²) >= 11 is 8.06. The van der Waals surface area contributed by atoms with Crippen molar-refractivity contribution in [2.45, 2.75) is 0 Å². The molecule has 0 atom stereocenters. The Hall–Kier alpha value is -1.86. The van der Waals surface area contributed by atoms with Gasteiger partial charge in [0.25, 0.3) is 5.91 Å². The zero-order valence-corrected chi connectivity index (χ0v) is 14.1. The summed E-state index contributed by atoms with van der Waals surface area (Å²) < 4.78 is 6.09. The number of benzene rings is 2. The van der Waals surface area contributed by atoms with Gasteiger partial charge in [0, 0.05) is 20.4 Å². The fourth-order valence-corrected chi connectivity index (χ4v) is 2.58. The molecular formula is C16H10ClIN2O2. The van der Waals surface area contributed by atoms with E-state index in [1.54, 1.807) is 24.4 Å². The number of nitrogens with one attached hydrogen (secondary N) is 1. The number of amides is 1. The number of carbonyl (C=O) groups excluding carboxylic acids is 1. The van der Waals surface area contributed by atoms with Crippen LogP contribution >= 0.6 is 34.2 Å². The summed E-state index contributed by atoms with van der Waals surface area (Å²) in [6, 6.07) is 12.5. The van der Waals surface area contributed by atoms with E-state index >= 15 is 0 Å². The van der Waals surface area contributed by atoms with Crippen molar-refractivity contribution in [2.24, 2.45) is 0 Å². The first kappa shape index (κ1) is 15.1. The molecule has 0 fully saturated rings. The van der Waals surface area contributed by atoms with Crippen LogP contribution in [0.2, 0.25) is 5.02 Å². The van der Waals surface area contributed by atoms with Crippen molar-refractivity contribution in [1.29, 1.82) is 0 Å². The third-order valence-electron chi connectivity index (χ3n) is 3.02. The van der Waals surface area contributed by atoms with Crippen LogP contribution in [0.4, 0.5) is 5.69 Å². The summed E-state index contributed by atoms with van der Waals surface area (Å²) in [5.74, 6) is 0.460. The standard InChI is InChI=1S/C16H10ClIN2O2/c17-13-5-4-11(7-14(13)18)16(21)20-12-3-1-2-10(6-12)15-8-19-9-22-15/h1-9H,(H,20,21). The maximum absolute atomic E-state index is 12.3. The van der Waals surface area contributed by atoms with E-state index in [0.717, 1.165) is 9.13 Å². The Balaban J connectivity index is 1.82. The molecule has 3 aromatic rings. The Morgan fingerprint density at radius 3 is 2.82 bits per heavy atom. The van der Waals surface area contributed by atoms with Gasteiger partial charge < -0.3 is 9.73 Å². The number of halogens is 2. The summed E-state index contributed by atoms with van der Waals surface area (Å²) in [5.41, 5.74) is 2.09. The van der Waals surface area contributed by atoms with Gasteiger partial charge in [-0.15, -0.1) is 0 Å². The largest absolute Gasteiger partial charge is 0.444 e. The topological polar surface area (TPSA) is 55.1 Å². The highest BCUT2D eigenvalue weighted by atomic mass is 127. The van der Waals surface area contributed by atoms with Crippen LogP contribution in [-0.2, 0) is 0 Å². The average Bonchev–Trinajstić information content (AvgIpc) is 3.04. The highest BCUT2D eigenvalue weighted by Gasteiger charge is 2.09. The number of hydrogen-bond acceptors (Lipinski definition) is 3. The van der Waals surface area contributed by atoms with Crippen LogP contribution in [0.5, 0.6) is 0 Å². The van der Waals surface area contributed by atoms with Gasteiger partial charge in [0.05, 0.1) is 11.2 Å². The van der Waals surface area contributed by atoms with E-state index < -0.39 is 0 Å². The number of anilines is 1. The predicted molar refractivity (Wildman–Crippen MR) is 94.1 cm³/mol. The molecule has 4 nitrogen and oxygen atoms in total. The van der Waals surface area contributed by atoms with Crippen molar-refractivity contribution in [1.82, 2.24) is 4.98 Å². The van der Waals surface area contributed by atoms with Gasteiger partial charge in [-0.3, -0.25) is 4.79 Å². The Kier molecular flexibility index (Phi) is 4.44. The molecule has 0 aliphatic carbocycles. The van der Waals surface area contributed by atoms with Gasteiger partial charge in [0.2, 0.25) is 0 Å². The fraction of sp³-hybridized carbons (Fsp3) is 0. The van der Waals surface area contributed by atoms with E-state index in [4.69, 9.17) is 16.0 Å². The van der Waals surface area contributed by atoms with Crippen LogP contribution in [0.3, 0.4) is 0 Å². The lowest BCUT2D eigenvalue weighted by Gasteiger charge is -2.07. The number of oxazole rings is 1. The fourth-order valence-electron chi connectivity index (χ4n) is 1.95. The third kappa shape index (κ3) is 3.31. The SMILES string of the molecule is O=C(Nc1cccc(-c2cnco2)c1)c1ccc(Cl)c(I)c1. The monoisotopic (exact) mass is 424 g/mol. The Morgan fingerprint density at radius 1 is 1.23 bits per heavy atom. The van der Waals surface area contributed by atoms with Gasteiger partial charge in [-0.05, 0) is 52.9 Å². The minimum Gasteiger partial charge on any atom is -0.444 e. The summed E-state index contributed by atoms with van der Waals surface area (Å²) in [5, 5.41) is 3.49. The smallest absolute Gasteiger partial charge is 0.255 e. The molecule has 0 aliphatic rings. The normalized spacial score (nSPS) is 10.5. The van der Waals surface area contributed by atoms with Gasteiger partial charge >= 0.3 is 0 Å². The lowest BCUT2D eigenvalue weighted by molar-refractivity contribution is 0.102. The molecule has 1 amide bonds. The summed E-state index contributed by atoms with van der Waals surface area (Å²) in [7, 11) is 0. The number of nitrogens with zero attached hydrogens (tertiary/aromatic N) is 1. The molecule has 0 saturated heterocycles. The molecule has 1 aromatic heterocycles. The van der Waals surface area contributed by atoms with Crippen LogP contribution in [0.15, 0.2) is 59.5 Å². The van der Waals surface area contributed by atoms with Crippen LogP contribution < -0.4 is 5.32 Å². The minimum atomic E-state index is -0.190. The van der Waals surface area contributed by atoms with E-state index in [2.05, 4.69) is 32.9 Å². The van der Waals surface area contributed by atoms with E-state index in [1.807, 2.05) is 24.3 Å². The average molecular weight is 425 g/mol. The number of rotatable bonds is 3. The summed E-state index contributed by atoms with van der Waals surface area (Å²) in [4.78, 5) is 16.2. The van der Waals surface area contributed by atoms with Crippen LogP contribution in [0.1, 0.15) is 10.4 Å². The van der Waals surface area contributed by atoms with Gasteiger partial charge in [0.15, 0.2) is 12.2 Å². The molecule has 0 bridgehead atoms. The lowest BCUT2D eigenvalue weighted by Crippen LogP contribution is -2.12. The molecule has 1 heterocycles. The molecule has 0 unspecified atom stereocenters. The van der Waals surface area contributed by atoms with Crippen LogP contribution in [0.25, 0.3) is 11.3 Å². The number of aromatic nitrogens is 1. The highest BCUT2D eigenvalue weighted by molar-refractivity contribution is 14.1. The van der Waals surface area contributed by atoms with Crippen molar-refractivity contribution < 1.29 is 9.21 Å². The van der Waals surface area contributed by atoms with E-state index in [0.29, 0.717) is 22.0 Å². The maximum Gasteiger partial charge on any atom is 0.255 e. The van der Waals surface area contributed by atoms with Crippen molar-refractivity contribution in [3.63, 3.8) is 0 Å². The lowest BCUT2D eigenvalue weighted by atomic mass is 10.1. The predicted octanol–water partition coefficient (Wildman–Crippen LogP) is 4.85. The van der Waals surface area contributed by atoms with Gasteiger partial charge in [-0.1, -0.05) is 23.7 Å². The van der Waals surface area contributed by atoms with E-state index in [-0.39, 0.29) is 5.91 Å². The van der Waals surface area contributed by atoms with Crippen molar-refractivity contribution in [3.05, 3.63) is 69.2 Å². The van der Waals surface area contributed by atoms with E-state index in [9.17, 15) is 4.79 Å². The molecule has 0 saturated carbocycles. The summed E-state index contributed by atoms with van der Waals surface area (Å²) in [6.07, 6.45) is 3.00. The highest BCUT2D eigenvalue weighted by Crippen LogP contribution is 2.23.